The molecule has 0 aliphatic carbocycles. The molecule has 34 heavy (non-hydrogen) atoms. The fraction of sp³-hybridized carbons (Fsp3) is 0.154. The Kier molecular flexibility index (Phi) is 7.21. The molecule has 0 spiro atoms. The van der Waals surface area contributed by atoms with Crippen LogP contribution in [0.4, 0.5) is 0 Å². The van der Waals surface area contributed by atoms with Crippen molar-refractivity contribution in [3.63, 3.8) is 0 Å². The largest absolute Gasteiger partial charge is 0.352 e. The van der Waals surface area contributed by atoms with Crippen molar-refractivity contribution in [1.82, 2.24) is 19.4 Å². The summed E-state index contributed by atoms with van der Waals surface area (Å²) < 4.78 is 3.51. The van der Waals surface area contributed by atoms with Gasteiger partial charge in [-0.2, -0.15) is 5.26 Å². The van der Waals surface area contributed by atoms with E-state index in [1.807, 2.05) is 28.8 Å². The highest BCUT2D eigenvalue weighted by Gasteiger charge is 2.09. The number of carbonyl (C=O) groups is 1. The van der Waals surface area contributed by atoms with Crippen molar-refractivity contribution in [2.75, 3.05) is 6.54 Å². The van der Waals surface area contributed by atoms with Gasteiger partial charge in [-0.25, -0.2) is 4.98 Å². The van der Waals surface area contributed by atoms with E-state index in [2.05, 4.69) is 16.4 Å². The Morgan fingerprint density at radius 2 is 1.82 bits per heavy atom. The van der Waals surface area contributed by atoms with Gasteiger partial charge >= 0.3 is 0 Å². The standard InChI is InChI=1S/C26H22ClN5O2/c27-23-3-1-2-21(12-23)16-31-17-22(8-9-25(31)33)26(34)30-11-10-24-14-29-18-32(24)15-20-6-4-19(13-28)5-7-20/h1-9,12,14,17-18H,10-11,15-16H2,(H,30,34). The molecule has 0 aliphatic heterocycles. The molecular weight excluding hydrogens is 450 g/mol. The molecule has 4 aromatic rings. The van der Waals surface area contributed by atoms with Crippen LogP contribution in [0.15, 0.2) is 84.2 Å². The zero-order valence-electron chi connectivity index (χ0n) is 18.3. The molecule has 8 heteroatoms. The maximum absolute atomic E-state index is 12.7. The van der Waals surface area contributed by atoms with Gasteiger partial charge < -0.3 is 14.5 Å². The van der Waals surface area contributed by atoms with Crippen molar-refractivity contribution in [3.05, 3.63) is 123 Å². The summed E-state index contributed by atoms with van der Waals surface area (Å²) in [5, 5.41) is 12.4. The van der Waals surface area contributed by atoms with E-state index in [4.69, 9.17) is 16.9 Å². The molecule has 0 saturated carbocycles. The van der Waals surface area contributed by atoms with E-state index in [1.54, 1.807) is 43.0 Å². The quantitative estimate of drug-likeness (QED) is 0.424. The molecule has 0 aliphatic rings. The van der Waals surface area contributed by atoms with Crippen LogP contribution >= 0.6 is 11.6 Å². The number of benzene rings is 2. The number of halogens is 1. The Labute approximate surface area is 201 Å². The lowest BCUT2D eigenvalue weighted by molar-refractivity contribution is 0.0953. The van der Waals surface area contributed by atoms with E-state index < -0.39 is 0 Å². The summed E-state index contributed by atoms with van der Waals surface area (Å²) in [6, 6.07) is 19.7. The van der Waals surface area contributed by atoms with Gasteiger partial charge in [-0.1, -0.05) is 35.9 Å². The molecule has 2 aromatic carbocycles. The highest BCUT2D eigenvalue weighted by atomic mass is 35.5. The Morgan fingerprint density at radius 1 is 1.03 bits per heavy atom. The van der Waals surface area contributed by atoms with Crippen molar-refractivity contribution in [2.45, 2.75) is 19.5 Å². The molecule has 0 unspecified atom stereocenters. The summed E-state index contributed by atoms with van der Waals surface area (Å²) in [5.74, 6) is -0.252. The van der Waals surface area contributed by atoms with Crippen LogP contribution in [0, 0.1) is 11.3 Å². The number of pyridine rings is 1. The minimum Gasteiger partial charge on any atom is -0.352 e. The predicted molar refractivity (Wildman–Crippen MR) is 130 cm³/mol. The Bertz CT molecular complexity index is 1400. The summed E-state index contributed by atoms with van der Waals surface area (Å²) in [7, 11) is 0. The number of hydrogen-bond donors (Lipinski definition) is 1. The maximum Gasteiger partial charge on any atom is 0.252 e. The van der Waals surface area contributed by atoms with E-state index in [9.17, 15) is 9.59 Å². The third-order valence-electron chi connectivity index (χ3n) is 5.39. The molecule has 1 amide bonds. The topological polar surface area (TPSA) is 92.7 Å². The van der Waals surface area contributed by atoms with Gasteiger partial charge in [-0.05, 0) is 41.5 Å². The molecule has 2 aromatic heterocycles. The third-order valence-corrected chi connectivity index (χ3v) is 5.62. The summed E-state index contributed by atoms with van der Waals surface area (Å²) in [6.07, 6.45) is 5.69. The second kappa shape index (κ2) is 10.6. The minimum atomic E-state index is -0.252. The number of aromatic nitrogens is 3. The first-order valence-corrected chi connectivity index (χ1v) is 11.1. The molecule has 0 atom stereocenters. The Balaban J connectivity index is 1.36. The molecule has 2 heterocycles. The maximum atomic E-state index is 12.7. The monoisotopic (exact) mass is 471 g/mol. The van der Waals surface area contributed by atoms with Gasteiger partial charge in [0.1, 0.15) is 0 Å². The van der Waals surface area contributed by atoms with Gasteiger partial charge in [0, 0.05) is 48.7 Å². The van der Waals surface area contributed by atoms with Gasteiger partial charge in [0.05, 0.1) is 30.1 Å². The number of carbonyl (C=O) groups excluding carboxylic acids is 1. The number of imidazole rings is 1. The van der Waals surface area contributed by atoms with E-state index >= 15 is 0 Å². The van der Waals surface area contributed by atoms with E-state index in [0.29, 0.717) is 42.2 Å². The van der Waals surface area contributed by atoms with Crippen LogP contribution in [0.25, 0.3) is 0 Å². The number of amides is 1. The van der Waals surface area contributed by atoms with Crippen LogP contribution in [0.5, 0.6) is 0 Å². The summed E-state index contributed by atoms with van der Waals surface area (Å²) in [5.41, 5.74) is 3.76. The van der Waals surface area contributed by atoms with Crippen molar-refractivity contribution < 1.29 is 4.79 Å². The van der Waals surface area contributed by atoms with Crippen LogP contribution in [-0.4, -0.2) is 26.6 Å². The number of nitrogens with one attached hydrogen (secondary N) is 1. The van der Waals surface area contributed by atoms with Crippen LogP contribution in [0.3, 0.4) is 0 Å². The normalized spacial score (nSPS) is 10.6. The number of nitrogens with zero attached hydrogens (tertiary/aromatic N) is 4. The third kappa shape index (κ3) is 5.80. The van der Waals surface area contributed by atoms with E-state index in [0.717, 1.165) is 16.8 Å². The van der Waals surface area contributed by atoms with Gasteiger partial charge in [0.25, 0.3) is 11.5 Å². The minimum absolute atomic E-state index is 0.191. The summed E-state index contributed by atoms with van der Waals surface area (Å²) in [4.78, 5) is 29.2. The van der Waals surface area contributed by atoms with Crippen LogP contribution < -0.4 is 10.9 Å². The number of hydrogen-bond acceptors (Lipinski definition) is 4. The SMILES string of the molecule is N#Cc1ccc(Cn2cncc2CCNC(=O)c2ccc(=O)n(Cc3cccc(Cl)c3)c2)cc1. The van der Waals surface area contributed by atoms with E-state index in [1.165, 1.54) is 16.7 Å². The highest BCUT2D eigenvalue weighted by molar-refractivity contribution is 6.30. The zero-order valence-corrected chi connectivity index (χ0v) is 19.1. The molecule has 0 fully saturated rings. The zero-order chi connectivity index (χ0) is 23.9. The van der Waals surface area contributed by atoms with Crippen LogP contribution in [0.1, 0.15) is 32.7 Å². The van der Waals surface area contributed by atoms with E-state index in [-0.39, 0.29) is 11.5 Å². The fourth-order valence-electron chi connectivity index (χ4n) is 3.61. The second-order valence-corrected chi connectivity index (χ2v) is 8.28. The molecule has 7 nitrogen and oxygen atoms in total. The lowest BCUT2D eigenvalue weighted by Crippen LogP contribution is -2.28. The average Bonchev–Trinajstić information content (AvgIpc) is 3.27. The van der Waals surface area contributed by atoms with Crippen LogP contribution in [-0.2, 0) is 19.5 Å². The molecule has 0 saturated heterocycles. The lowest BCUT2D eigenvalue weighted by Gasteiger charge is -2.11. The van der Waals surface area contributed by atoms with Crippen molar-refractivity contribution >= 4 is 17.5 Å². The van der Waals surface area contributed by atoms with Crippen molar-refractivity contribution in [3.8, 4) is 6.07 Å². The molecular formula is C26H22ClN5O2. The van der Waals surface area contributed by atoms with Crippen LogP contribution in [0.2, 0.25) is 5.02 Å². The Morgan fingerprint density at radius 3 is 2.59 bits per heavy atom. The fourth-order valence-corrected chi connectivity index (χ4v) is 3.82. The van der Waals surface area contributed by atoms with Crippen molar-refractivity contribution in [2.24, 2.45) is 0 Å². The molecule has 170 valence electrons. The van der Waals surface area contributed by atoms with Gasteiger partial charge in [0.15, 0.2) is 0 Å². The molecule has 1 N–H and O–H groups in total. The molecule has 0 bridgehead atoms. The van der Waals surface area contributed by atoms with Gasteiger partial charge in [-0.15, -0.1) is 0 Å². The summed E-state index contributed by atoms with van der Waals surface area (Å²) >= 11 is 6.03. The first-order valence-electron chi connectivity index (χ1n) is 10.7. The average molecular weight is 472 g/mol. The highest BCUT2D eigenvalue weighted by Crippen LogP contribution is 2.12. The predicted octanol–water partition coefficient (Wildman–Crippen LogP) is 3.64. The summed E-state index contributed by atoms with van der Waals surface area (Å²) in [6.45, 7) is 1.38. The molecule has 0 radical (unpaired) electrons. The first kappa shape index (κ1) is 23.0. The lowest BCUT2D eigenvalue weighted by atomic mass is 10.1. The molecule has 4 rings (SSSR count). The van der Waals surface area contributed by atoms with Gasteiger partial charge in [-0.3, -0.25) is 9.59 Å². The smallest absolute Gasteiger partial charge is 0.252 e. The first-order chi connectivity index (χ1) is 16.5. The van der Waals surface area contributed by atoms with Gasteiger partial charge in [0.2, 0.25) is 0 Å². The second-order valence-electron chi connectivity index (χ2n) is 7.84. The Hall–Kier alpha value is -4.15. The van der Waals surface area contributed by atoms with Crippen molar-refractivity contribution in [1.29, 1.82) is 5.26 Å². The number of rotatable bonds is 8. The number of nitriles is 1.